The Hall–Kier alpha value is -1.14. The molecule has 2 atom stereocenters. The van der Waals surface area contributed by atoms with Crippen LogP contribution in [0.3, 0.4) is 0 Å². The molecule has 1 aliphatic heterocycles. The van der Waals surface area contributed by atoms with Gasteiger partial charge in [0.15, 0.2) is 18.0 Å². The van der Waals surface area contributed by atoms with Crippen molar-refractivity contribution in [1.29, 1.82) is 0 Å². The summed E-state index contributed by atoms with van der Waals surface area (Å²) in [5.74, 6) is -2.09. The monoisotopic (exact) mass is 344 g/mol. The van der Waals surface area contributed by atoms with Gasteiger partial charge < -0.3 is 18.9 Å². The van der Waals surface area contributed by atoms with Crippen LogP contribution in [-0.2, 0) is 28.5 Å². The molecule has 0 spiro atoms. The Labute approximate surface area is 145 Å². The van der Waals surface area contributed by atoms with Crippen molar-refractivity contribution in [2.24, 2.45) is 0 Å². The zero-order valence-corrected chi connectivity index (χ0v) is 15.5. The zero-order valence-electron chi connectivity index (χ0n) is 15.5. The van der Waals surface area contributed by atoms with E-state index in [9.17, 15) is 9.59 Å². The van der Waals surface area contributed by atoms with Gasteiger partial charge in [-0.05, 0) is 26.2 Å². The van der Waals surface area contributed by atoms with Crippen LogP contribution in [0.15, 0.2) is 0 Å². The Kier molecular flexibility index (Phi) is 9.29. The van der Waals surface area contributed by atoms with Gasteiger partial charge in [0.2, 0.25) is 0 Å². The molecule has 0 radical (unpaired) electrons. The molecule has 0 aliphatic carbocycles. The van der Waals surface area contributed by atoms with E-state index in [2.05, 4.69) is 13.8 Å². The van der Waals surface area contributed by atoms with Crippen molar-refractivity contribution >= 4 is 11.9 Å². The number of hydrogen-bond acceptors (Lipinski definition) is 6. The molecule has 2 unspecified atom stereocenters. The minimum Gasteiger partial charge on any atom is -0.464 e. The highest BCUT2D eigenvalue weighted by Crippen LogP contribution is 2.32. The quantitative estimate of drug-likeness (QED) is 0.423. The summed E-state index contributed by atoms with van der Waals surface area (Å²) in [5.41, 5.74) is 0. The second-order valence-electron chi connectivity index (χ2n) is 6.31. The van der Waals surface area contributed by atoms with Crippen molar-refractivity contribution in [2.45, 2.75) is 90.6 Å². The minimum atomic E-state index is -1.06. The molecule has 0 amide bonds. The third-order valence-electron chi connectivity index (χ3n) is 4.12. The fourth-order valence-corrected chi connectivity index (χ4v) is 2.41. The molecule has 0 bridgehead atoms. The minimum absolute atomic E-state index is 0.327. The first-order chi connectivity index (χ1) is 11.5. The molecule has 1 heterocycles. The van der Waals surface area contributed by atoms with Crippen molar-refractivity contribution in [3.63, 3.8) is 0 Å². The summed E-state index contributed by atoms with van der Waals surface area (Å²) < 4.78 is 21.8. The van der Waals surface area contributed by atoms with Gasteiger partial charge in [-0.2, -0.15) is 0 Å². The van der Waals surface area contributed by atoms with Crippen molar-refractivity contribution in [3.8, 4) is 0 Å². The Morgan fingerprint density at radius 2 is 1.25 bits per heavy atom. The molecule has 24 heavy (non-hydrogen) atoms. The van der Waals surface area contributed by atoms with Gasteiger partial charge in [-0.25, -0.2) is 9.59 Å². The van der Waals surface area contributed by atoms with E-state index in [4.69, 9.17) is 18.9 Å². The summed E-state index contributed by atoms with van der Waals surface area (Å²) in [6.07, 6.45) is 4.07. The van der Waals surface area contributed by atoms with Gasteiger partial charge in [0, 0.05) is 0 Å². The average molecular weight is 344 g/mol. The second-order valence-corrected chi connectivity index (χ2v) is 6.31. The number of esters is 2. The van der Waals surface area contributed by atoms with Crippen molar-refractivity contribution in [1.82, 2.24) is 0 Å². The normalized spacial score (nSPS) is 26.3. The van der Waals surface area contributed by atoms with Gasteiger partial charge in [0.05, 0.1) is 13.2 Å². The van der Waals surface area contributed by atoms with E-state index in [0.29, 0.717) is 19.6 Å². The largest absolute Gasteiger partial charge is 0.464 e. The van der Waals surface area contributed by atoms with E-state index in [1.165, 1.54) is 0 Å². The number of rotatable bonds is 11. The molecule has 6 heteroatoms. The van der Waals surface area contributed by atoms with Gasteiger partial charge >= 0.3 is 11.9 Å². The molecule has 1 saturated heterocycles. The molecular weight excluding hydrogens is 312 g/mol. The highest BCUT2D eigenvalue weighted by molar-refractivity contribution is 5.86. The van der Waals surface area contributed by atoms with Crippen LogP contribution in [0.1, 0.15) is 72.6 Å². The molecule has 0 N–H and O–H groups in total. The number of ether oxygens (including phenoxy) is 4. The molecule has 6 nitrogen and oxygen atoms in total. The number of carbonyl (C=O) groups excluding carboxylic acids is 2. The molecule has 1 rings (SSSR count). The molecule has 0 aromatic carbocycles. The van der Waals surface area contributed by atoms with Crippen LogP contribution in [0.5, 0.6) is 0 Å². The molecular formula is C18H32O6. The van der Waals surface area contributed by atoms with Crippen molar-refractivity contribution in [2.75, 3.05) is 13.2 Å². The molecule has 0 aromatic rings. The van der Waals surface area contributed by atoms with Crippen molar-refractivity contribution < 1.29 is 28.5 Å². The first-order valence-electron chi connectivity index (χ1n) is 9.16. The zero-order chi connectivity index (χ0) is 18.0. The summed E-state index contributed by atoms with van der Waals surface area (Å²) in [4.78, 5) is 24.5. The Balaban J connectivity index is 2.60. The van der Waals surface area contributed by atoms with Crippen LogP contribution in [0.25, 0.3) is 0 Å². The molecule has 1 fully saturated rings. The maximum atomic E-state index is 12.3. The van der Waals surface area contributed by atoms with Crippen LogP contribution in [-0.4, -0.2) is 43.1 Å². The summed E-state index contributed by atoms with van der Waals surface area (Å²) in [6.45, 7) is 8.40. The van der Waals surface area contributed by atoms with Gasteiger partial charge in [-0.1, -0.05) is 46.5 Å². The predicted octanol–water partition coefficient (Wildman–Crippen LogP) is 3.36. The molecule has 1 aliphatic rings. The SMILES string of the molecule is CCCCCOC(=O)C1OC(C)(CC)OC1C(=O)OCCCCC. The van der Waals surface area contributed by atoms with E-state index < -0.39 is 29.9 Å². The third-order valence-corrected chi connectivity index (χ3v) is 4.12. The second kappa shape index (κ2) is 10.7. The fraction of sp³-hybridized carbons (Fsp3) is 0.889. The Bertz CT molecular complexity index is 363. The Morgan fingerprint density at radius 1 is 0.833 bits per heavy atom. The molecule has 0 saturated carbocycles. The van der Waals surface area contributed by atoms with E-state index >= 15 is 0 Å². The fourth-order valence-electron chi connectivity index (χ4n) is 2.41. The highest BCUT2D eigenvalue weighted by Gasteiger charge is 2.51. The van der Waals surface area contributed by atoms with Crippen LogP contribution in [0.4, 0.5) is 0 Å². The van der Waals surface area contributed by atoms with E-state index in [0.717, 1.165) is 38.5 Å². The van der Waals surface area contributed by atoms with Gasteiger partial charge in [-0.3, -0.25) is 0 Å². The Morgan fingerprint density at radius 3 is 1.58 bits per heavy atom. The van der Waals surface area contributed by atoms with E-state index in [1.54, 1.807) is 6.92 Å². The van der Waals surface area contributed by atoms with Crippen LogP contribution in [0, 0.1) is 0 Å². The average Bonchev–Trinajstić information content (AvgIpc) is 2.94. The third kappa shape index (κ3) is 6.40. The van der Waals surface area contributed by atoms with E-state index in [1.807, 2.05) is 6.92 Å². The van der Waals surface area contributed by atoms with Gasteiger partial charge in [0.25, 0.3) is 0 Å². The number of unbranched alkanes of at least 4 members (excludes halogenated alkanes) is 4. The summed E-state index contributed by atoms with van der Waals surface area (Å²) >= 11 is 0. The lowest BCUT2D eigenvalue weighted by molar-refractivity contribution is -0.182. The maximum absolute atomic E-state index is 12.3. The number of hydrogen-bond donors (Lipinski definition) is 0. The van der Waals surface area contributed by atoms with Gasteiger partial charge in [0.1, 0.15) is 0 Å². The highest BCUT2D eigenvalue weighted by atomic mass is 16.8. The summed E-state index contributed by atoms with van der Waals surface area (Å²) in [7, 11) is 0. The topological polar surface area (TPSA) is 71.1 Å². The summed E-state index contributed by atoms with van der Waals surface area (Å²) in [6, 6.07) is 0. The lowest BCUT2D eigenvalue weighted by Gasteiger charge is -2.20. The van der Waals surface area contributed by atoms with Crippen LogP contribution < -0.4 is 0 Å². The number of carbonyl (C=O) groups is 2. The lowest BCUT2D eigenvalue weighted by Crippen LogP contribution is -2.39. The van der Waals surface area contributed by atoms with Gasteiger partial charge in [-0.15, -0.1) is 0 Å². The van der Waals surface area contributed by atoms with Crippen LogP contribution >= 0.6 is 0 Å². The standard InChI is InChI=1S/C18H32O6/c1-5-8-10-12-21-16(19)14-15(24-18(4,7-3)23-14)17(20)22-13-11-9-6-2/h14-15H,5-13H2,1-4H3. The molecule has 140 valence electrons. The summed E-state index contributed by atoms with van der Waals surface area (Å²) in [5, 5.41) is 0. The maximum Gasteiger partial charge on any atom is 0.338 e. The predicted molar refractivity (Wildman–Crippen MR) is 89.4 cm³/mol. The van der Waals surface area contributed by atoms with Crippen molar-refractivity contribution in [3.05, 3.63) is 0 Å². The van der Waals surface area contributed by atoms with Crippen LogP contribution in [0.2, 0.25) is 0 Å². The first kappa shape index (κ1) is 20.9. The lowest BCUT2D eigenvalue weighted by atomic mass is 10.2. The first-order valence-corrected chi connectivity index (χ1v) is 9.16. The molecule has 0 aromatic heterocycles. The van der Waals surface area contributed by atoms with E-state index in [-0.39, 0.29) is 0 Å². The smallest absolute Gasteiger partial charge is 0.338 e.